The number of nitrogens with zero attached hydrogens (tertiary/aromatic N) is 2. The molecule has 128 valence electrons. The van der Waals surface area contributed by atoms with Gasteiger partial charge in [-0.05, 0) is 24.1 Å². The molecule has 1 amide bonds. The van der Waals surface area contributed by atoms with Gasteiger partial charge in [-0.2, -0.15) is 5.10 Å². The van der Waals surface area contributed by atoms with Crippen LogP contribution < -0.4 is 5.32 Å². The smallest absolute Gasteiger partial charge is 0.224 e. The van der Waals surface area contributed by atoms with E-state index in [2.05, 4.69) is 10.4 Å². The molecule has 6 heteroatoms. The second-order valence-electron chi connectivity index (χ2n) is 5.66. The first-order valence-electron chi connectivity index (χ1n) is 7.91. The maximum absolute atomic E-state index is 12.1. The minimum Gasteiger partial charge on any atom is -0.323 e. The Morgan fingerprint density at radius 2 is 1.76 bits per heavy atom. The summed E-state index contributed by atoms with van der Waals surface area (Å²) in [5.41, 5.74) is 2.60. The third kappa shape index (κ3) is 4.84. The molecular formula is C19H17Cl2N3O. The van der Waals surface area contributed by atoms with Crippen molar-refractivity contribution in [1.82, 2.24) is 9.78 Å². The van der Waals surface area contributed by atoms with Crippen molar-refractivity contribution in [2.24, 2.45) is 0 Å². The maximum Gasteiger partial charge on any atom is 0.224 e. The van der Waals surface area contributed by atoms with Crippen LogP contribution in [0.3, 0.4) is 0 Å². The standard InChI is InChI=1S/C19H17Cl2N3O/c20-17-7-4-8-18(21)16(17)13-24-12-15(11-22-24)23-19(25)10-9-14-5-2-1-3-6-14/h1-8,11-12H,9-10,13H2,(H,23,25). The van der Waals surface area contributed by atoms with E-state index in [4.69, 9.17) is 23.2 Å². The van der Waals surface area contributed by atoms with Crippen LogP contribution in [0, 0.1) is 0 Å². The van der Waals surface area contributed by atoms with Gasteiger partial charge in [-0.25, -0.2) is 0 Å². The normalized spacial score (nSPS) is 10.6. The summed E-state index contributed by atoms with van der Waals surface area (Å²) in [6, 6.07) is 15.3. The third-order valence-corrected chi connectivity index (χ3v) is 4.49. The summed E-state index contributed by atoms with van der Waals surface area (Å²) in [6.45, 7) is 0.443. The fourth-order valence-electron chi connectivity index (χ4n) is 2.49. The molecule has 0 unspecified atom stereocenters. The topological polar surface area (TPSA) is 46.9 Å². The van der Waals surface area contributed by atoms with Crippen molar-refractivity contribution in [3.8, 4) is 0 Å². The molecule has 25 heavy (non-hydrogen) atoms. The highest BCUT2D eigenvalue weighted by Gasteiger charge is 2.09. The number of amides is 1. The molecule has 4 nitrogen and oxygen atoms in total. The summed E-state index contributed by atoms with van der Waals surface area (Å²) in [4.78, 5) is 12.1. The number of hydrogen-bond donors (Lipinski definition) is 1. The minimum absolute atomic E-state index is 0.0424. The van der Waals surface area contributed by atoms with E-state index in [-0.39, 0.29) is 5.91 Å². The van der Waals surface area contributed by atoms with Crippen molar-refractivity contribution >= 4 is 34.8 Å². The molecule has 0 spiro atoms. The Morgan fingerprint density at radius 1 is 1.04 bits per heavy atom. The molecule has 0 radical (unpaired) electrons. The maximum atomic E-state index is 12.1. The molecule has 3 aromatic rings. The first-order chi connectivity index (χ1) is 12.1. The third-order valence-electron chi connectivity index (χ3n) is 3.78. The lowest BCUT2D eigenvalue weighted by atomic mass is 10.1. The predicted molar refractivity (Wildman–Crippen MR) is 101 cm³/mol. The fourth-order valence-corrected chi connectivity index (χ4v) is 3.00. The molecule has 0 aliphatic rings. The number of rotatable bonds is 6. The number of aromatic nitrogens is 2. The van der Waals surface area contributed by atoms with Gasteiger partial charge in [0.15, 0.2) is 0 Å². The lowest BCUT2D eigenvalue weighted by molar-refractivity contribution is -0.116. The second-order valence-corrected chi connectivity index (χ2v) is 6.47. The molecule has 0 aliphatic carbocycles. The van der Waals surface area contributed by atoms with Gasteiger partial charge >= 0.3 is 0 Å². The zero-order valence-electron chi connectivity index (χ0n) is 13.5. The first kappa shape index (κ1) is 17.5. The molecule has 0 saturated carbocycles. The van der Waals surface area contributed by atoms with E-state index in [0.29, 0.717) is 35.1 Å². The Balaban J connectivity index is 1.57. The van der Waals surface area contributed by atoms with Crippen LogP contribution in [0.25, 0.3) is 0 Å². The number of nitrogens with one attached hydrogen (secondary N) is 1. The van der Waals surface area contributed by atoms with E-state index in [0.717, 1.165) is 11.1 Å². The highest BCUT2D eigenvalue weighted by atomic mass is 35.5. The Hall–Kier alpha value is -2.30. The molecule has 3 rings (SSSR count). The van der Waals surface area contributed by atoms with E-state index < -0.39 is 0 Å². The number of benzene rings is 2. The number of anilines is 1. The fraction of sp³-hybridized carbons (Fsp3) is 0.158. The van der Waals surface area contributed by atoms with Crippen LogP contribution in [0.2, 0.25) is 10.0 Å². The van der Waals surface area contributed by atoms with Crippen LogP contribution in [-0.2, 0) is 17.8 Å². The molecule has 1 heterocycles. The van der Waals surface area contributed by atoms with Crippen molar-refractivity contribution < 1.29 is 4.79 Å². The summed E-state index contributed by atoms with van der Waals surface area (Å²) < 4.78 is 1.69. The van der Waals surface area contributed by atoms with Crippen LogP contribution in [-0.4, -0.2) is 15.7 Å². The van der Waals surface area contributed by atoms with E-state index >= 15 is 0 Å². The van der Waals surface area contributed by atoms with Gasteiger partial charge in [0.25, 0.3) is 0 Å². The monoisotopic (exact) mass is 373 g/mol. The summed E-state index contributed by atoms with van der Waals surface area (Å²) >= 11 is 12.3. The van der Waals surface area contributed by atoms with Crippen LogP contribution in [0.1, 0.15) is 17.5 Å². The van der Waals surface area contributed by atoms with Crippen LogP contribution in [0.15, 0.2) is 60.9 Å². The van der Waals surface area contributed by atoms with Gasteiger partial charge in [0.1, 0.15) is 0 Å². The van der Waals surface area contributed by atoms with Crippen molar-refractivity contribution in [2.75, 3.05) is 5.32 Å². The summed E-state index contributed by atoms with van der Waals surface area (Å²) in [6.07, 6.45) is 4.51. The average Bonchev–Trinajstić information content (AvgIpc) is 3.04. The van der Waals surface area contributed by atoms with Crippen LogP contribution >= 0.6 is 23.2 Å². The zero-order valence-corrected chi connectivity index (χ0v) is 15.0. The molecule has 0 atom stereocenters. The number of carbonyl (C=O) groups is 1. The van der Waals surface area contributed by atoms with E-state index in [1.165, 1.54) is 0 Å². The Bertz CT molecular complexity index is 842. The number of halogens is 2. The van der Waals surface area contributed by atoms with E-state index in [9.17, 15) is 4.79 Å². The highest BCUT2D eigenvalue weighted by Crippen LogP contribution is 2.25. The summed E-state index contributed by atoms with van der Waals surface area (Å²) in [7, 11) is 0. The number of carbonyl (C=O) groups excluding carboxylic acids is 1. The molecule has 2 aromatic carbocycles. The van der Waals surface area contributed by atoms with Crippen molar-refractivity contribution in [3.05, 3.63) is 82.1 Å². The molecule has 0 aliphatic heterocycles. The molecule has 1 N–H and O–H groups in total. The SMILES string of the molecule is O=C(CCc1ccccc1)Nc1cnn(Cc2c(Cl)cccc2Cl)c1. The van der Waals surface area contributed by atoms with E-state index in [1.807, 2.05) is 30.3 Å². The number of hydrogen-bond acceptors (Lipinski definition) is 2. The van der Waals surface area contributed by atoms with Crippen LogP contribution in [0.5, 0.6) is 0 Å². The highest BCUT2D eigenvalue weighted by molar-refractivity contribution is 6.35. The summed E-state index contributed by atoms with van der Waals surface area (Å²) in [5.74, 6) is -0.0424. The largest absolute Gasteiger partial charge is 0.323 e. The van der Waals surface area contributed by atoms with Gasteiger partial charge in [0, 0.05) is 28.2 Å². The van der Waals surface area contributed by atoms with Gasteiger partial charge in [-0.3, -0.25) is 9.48 Å². The molecule has 0 fully saturated rings. The Labute approximate surface area is 156 Å². The van der Waals surface area contributed by atoms with Crippen molar-refractivity contribution in [2.45, 2.75) is 19.4 Å². The van der Waals surface area contributed by atoms with Gasteiger partial charge < -0.3 is 5.32 Å². The minimum atomic E-state index is -0.0424. The molecule has 1 aromatic heterocycles. The van der Waals surface area contributed by atoms with Gasteiger partial charge in [-0.1, -0.05) is 59.6 Å². The van der Waals surface area contributed by atoms with Gasteiger partial charge in [0.2, 0.25) is 5.91 Å². The molecule has 0 bridgehead atoms. The Morgan fingerprint density at radius 3 is 2.48 bits per heavy atom. The molecule has 0 saturated heterocycles. The van der Waals surface area contributed by atoms with Crippen molar-refractivity contribution in [1.29, 1.82) is 0 Å². The lowest BCUT2D eigenvalue weighted by Gasteiger charge is -2.06. The zero-order chi connectivity index (χ0) is 17.6. The second kappa shape index (κ2) is 8.19. The first-order valence-corrected chi connectivity index (χ1v) is 8.66. The Kier molecular flexibility index (Phi) is 5.74. The molecular weight excluding hydrogens is 357 g/mol. The lowest BCUT2D eigenvalue weighted by Crippen LogP contribution is -2.11. The quantitative estimate of drug-likeness (QED) is 0.673. The van der Waals surface area contributed by atoms with E-state index in [1.54, 1.807) is 35.3 Å². The van der Waals surface area contributed by atoms with Gasteiger partial charge in [-0.15, -0.1) is 0 Å². The predicted octanol–water partition coefficient (Wildman–Crippen LogP) is 4.81. The van der Waals surface area contributed by atoms with Crippen LogP contribution in [0.4, 0.5) is 5.69 Å². The number of aryl methyl sites for hydroxylation is 1. The van der Waals surface area contributed by atoms with Crippen molar-refractivity contribution in [3.63, 3.8) is 0 Å². The summed E-state index contributed by atoms with van der Waals surface area (Å²) in [5, 5.41) is 8.30. The average molecular weight is 374 g/mol. The van der Waals surface area contributed by atoms with Gasteiger partial charge in [0.05, 0.1) is 18.4 Å².